The molecule has 1 aromatic carbocycles. The summed E-state index contributed by atoms with van der Waals surface area (Å²) in [6.07, 6.45) is 9.00. The van der Waals surface area contributed by atoms with E-state index in [0.717, 1.165) is 5.56 Å². The van der Waals surface area contributed by atoms with Gasteiger partial charge in [0, 0.05) is 19.2 Å². The van der Waals surface area contributed by atoms with Crippen LogP contribution in [0, 0.1) is 19.3 Å². The van der Waals surface area contributed by atoms with Crippen LogP contribution in [0.4, 0.5) is 5.69 Å². The fourth-order valence-electron chi connectivity index (χ4n) is 2.03. The van der Waals surface area contributed by atoms with Crippen LogP contribution in [0.1, 0.15) is 22.3 Å². The Hall–Kier alpha value is -3.07. The third-order valence-corrected chi connectivity index (χ3v) is 3.13. The van der Waals surface area contributed by atoms with Crippen LogP contribution in [-0.4, -0.2) is 28.1 Å². The Labute approximate surface area is 134 Å². The van der Waals surface area contributed by atoms with Gasteiger partial charge in [-0.05, 0) is 24.6 Å². The lowest BCUT2D eigenvalue weighted by molar-refractivity contribution is -0.116. The SMILES string of the molecule is C#CCNC(=O)c1ccccc1NC(=O)CCn1cc(C)cn1. The van der Waals surface area contributed by atoms with Crippen LogP contribution < -0.4 is 10.6 Å². The Morgan fingerprint density at radius 2 is 2.13 bits per heavy atom. The van der Waals surface area contributed by atoms with Gasteiger partial charge < -0.3 is 10.6 Å². The summed E-state index contributed by atoms with van der Waals surface area (Å²) in [7, 11) is 0. The minimum atomic E-state index is -0.318. The maximum atomic E-state index is 12.1. The molecule has 0 saturated carbocycles. The van der Waals surface area contributed by atoms with E-state index in [1.165, 1.54) is 0 Å². The Morgan fingerprint density at radius 1 is 1.35 bits per heavy atom. The second kappa shape index (κ2) is 7.80. The van der Waals surface area contributed by atoms with Gasteiger partial charge in [-0.3, -0.25) is 14.3 Å². The van der Waals surface area contributed by atoms with Crippen molar-refractivity contribution in [1.82, 2.24) is 15.1 Å². The molecule has 2 rings (SSSR count). The van der Waals surface area contributed by atoms with Crippen molar-refractivity contribution in [3.63, 3.8) is 0 Å². The molecule has 0 atom stereocenters. The summed E-state index contributed by atoms with van der Waals surface area (Å²) in [5, 5.41) is 9.46. The van der Waals surface area contributed by atoms with Crippen molar-refractivity contribution in [2.75, 3.05) is 11.9 Å². The summed E-state index contributed by atoms with van der Waals surface area (Å²) in [6.45, 7) is 2.56. The summed E-state index contributed by atoms with van der Waals surface area (Å²) in [4.78, 5) is 24.1. The minimum absolute atomic E-state index is 0.139. The van der Waals surface area contributed by atoms with Crippen LogP contribution in [-0.2, 0) is 11.3 Å². The summed E-state index contributed by atoms with van der Waals surface area (Å²) in [5.74, 6) is 1.84. The lowest BCUT2D eigenvalue weighted by Gasteiger charge is -2.10. The second-order valence-corrected chi connectivity index (χ2v) is 5.01. The number of carbonyl (C=O) groups is 2. The molecule has 0 unspecified atom stereocenters. The predicted molar refractivity (Wildman–Crippen MR) is 87.8 cm³/mol. The molecule has 2 amide bonds. The van der Waals surface area contributed by atoms with Gasteiger partial charge in [0.1, 0.15) is 0 Å². The molecule has 118 valence electrons. The molecule has 1 aromatic heterocycles. The zero-order valence-electron chi connectivity index (χ0n) is 12.9. The van der Waals surface area contributed by atoms with Crippen LogP contribution >= 0.6 is 0 Å². The molecule has 6 nitrogen and oxygen atoms in total. The number of carbonyl (C=O) groups excluding carboxylic acids is 2. The van der Waals surface area contributed by atoms with Gasteiger partial charge in [-0.1, -0.05) is 18.1 Å². The van der Waals surface area contributed by atoms with Gasteiger partial charge in [0.15, 0.2) is 0 Å². The minimum Gasteiger partial charge on any atom is -0.341 e. The van der Waals surface area contributed by atoms with Crippen molar-refractivity contribution in [1.29, 1.82) is 0 Å². The van der Waals surface area contributed by atoms with E-state index < -0.39 is 0 Å². The van der Waals surface area contributed by atoms with Crippen molar-refractivity contribution in [2.24, 2.45) is 0 Å². The molecule has 0 fully saturated rings. The Kier molecular flexibility index (Phi) is 5.53. The predicted octanol–water partition coefficient (Wildman–Crippen LogP) is 1.58. The van der Waals surface area contributed by atoms with Gasteiger partial charge in [-0.2, -0.15) is 5.10 Å². The molecule has 0 aliphatic carbocycles. The van der Waals surface area contributed by atoms with Crippen LogP contribution in [0.25, 0.3) is 0 Å². The molecule has 0 radical (unpaired) electrons. The fraction of sp³-hybridized carbons (Fsp3) is 0.235. The number of benzene rings is 1. The highest BCUT2D eigenvalue weighted by atomic mass is 16.2. The first-order valence-electron chi connectivity index (χ1n) is 7.19. The lowest BCUT2D eigenvalue weighted by atomic mass is 10.1. The number of para-hydroxylation sites is 1. The zero-order valence-corrected chi connectivity index (χ0v) is 12.9. The number of nitrogens with zero attached hydrogens (tertiary/aromatic N) is 2. The normalized spacial score (nSPS) is 9.91. The van der Waals surface area contributed by atoms with E-state index in [4.69, 9.17) is 6.42 Å². The van der Waals surface area contributed by atoms with Crippen molar-refractivity contribution < 1.29 is 9.59 Å². The molecule has 0 aliphatic rings. The number of nitrogens with one attached hydrogen (secondary N) is 2. The van der Waals surface area contributed by atoms with Crippen molar-refractivity contribution in [3.8, 4) is 12.3 Å². The Morgan fingerprint density at radius 3 is 2.83 bits per heavy atom. The number of terminal acetylenes is 1. The maximum absolute atomic E-state index is 12.1. The molecule has 0 bridgehead atoms. The first-order valence-corrected chi connectivity index (χ1v) is 7.19. The molecule has 2 N–H and O–H groups in total. The van der Waals surface area contributed by atoms with Gasteiger partial charge in [0.2, 0.25) is 5.91 Å². The monoisotopic (exact) mass is 310 g/mol. The zero-order chi connectivity index (χ0) is 16.7. The molecule has 23 heavy (non-hydrogen) atoms. The first kappa shape index (κ1) is 16.3. The molecular weight excluding hydrogens is 292 g/mol. The van der Waals surface area contributed by atoms with Gasteiger partial charge in [0.25, 0.3) is 5.91 Å². The highest BCUT2D eigenvalue weighted by Gasteiger charge is 2.12. The molecule has 0 spiro atoms. The van der Waals surface area contributed by atoms with E-state index in [0.29, 0.717) is 17.8 Å². The van der Waals surface area contributed by atoms with Crippen LogP contribution in [0.5, 0.6) is 0 Å². The lowest BCUT2D eigenvalue weighted by Crippen LogP contribution is -2.25. The Balaban J connectivity index is 1.97. The average Bonchev–Trinajstić information content (AvgIpc) is 2.96. The van der Waals surface area contributed by atoms with Crippen molar-refractivity contribution in [3.05, 3.63) is 47.8 Å². The molecule has 2 aromatic rings. The van der Waals surface area contributed by atoms with E-state index in [2.05, 4.69) is 21.7 Å². The number of amides is 2. The summed E-state index contributed by atoms with van der Waals surface area (Å²) in [5.41, 5.74) is 1.88. The second-order valence-electron chi connectivity index (χ2n) is 5.01. The largest absolute Gasteiger partial charge is 0.341 e. The standard InChI is InChI=1S/C17H18N4O2/c1-3-9-18-17(23)14-6-4-5-7-15(14)20-16(22)8-10-21-12-13(2)11-19-21/h1,4-7,11-12H,8-10H2,2H3,(H,18,23)(H,20,22). The quantitative estimate of drug-likeness (QED) is 0.795. The summed E-state index contributed by atoms with van der Waals surface area (Å²) in [6, 6.07) is 6.80. The molecule has 6 heteroatoms. The highest BCUT2D eigenvalue weighted by Crippen LogP contribution is 2.15. The number of aryl methyl sites for hydroxylation is 2. The summed E-state index contributed by atoms with van der Waals surface area (Å²) < 4.78 is 1.71. The topological polar surface area (TPSA) is 76.0 Å². The number of rotatable bonds is 6. The highest BCUT2D eigenvalue weighted by molar-refractivity contribution is 6.03. The van der Waals surface area contributed by atoms with Crippen LogP contribution in [0.2, 0.25) is 0 Å². The summed E-state index contributed by atoms with van der Waals surface area (Å²) >= 11 is 0. The number of aromatic nitrogens is 2. The number of anilines is 1. The van der Waals surface area contributed by atoms with Crippen molar-refractivity contribution >= 4 is 17.5 Å². The van der Waals surface area contributed by atoms with E-state index in [1.54, 1.807) is 35.1 Å². The van der Waals surface area contributed by atoms with Gasteiger partial charge in [-0.15, -0.1) is 6.42 Å². The van der Waals surface area contributed by atoms with E-state index >= 15 is 0 Å². The van der Waals surface area contributed by atoms with E-state index in [9.17, 15) is 9.59 Å². The molecule has 0 aliphatic heterocycles. The van der Waals surface area contributed by atoms with E-state index in [1.807, 2.05) is 13.1 Å². The first-order chi connectivity index (χ1) is 11.1. The smallest absolute Gasteiger partial charge is 0.254 e. The van der Waals surface area contributed by atoms with Gasteiger partial charge in [0.05, 0.1) is 24.0 Å². The third-order valence-electron chi connectivity index (χ3n) is 3.13. The van der Waals surface area contributed by atoms with Gasteiger partial charge >= 0.3 is 0 Å². The fourth-order valence-corrected chi connectivity index (χ4v) is 2.03. The third kappa shape index (κ3) is 4.71. The van der Waals surface area contributed by atoms with Crippen LogP contribution in [0.3, 0.4) is 0 Å². The molecule has 1 heterocycles. The molecule has 0 saturated heterocycles. The number of hydrogen-bond donors (Lipinski definition) is 2. The van der Waals surface area contributed by atoms with Crippen LogP contribution in [0.15, 0.2) is 36.7 Å². The maximum Gasteiger partial charge on any atom is 0.254 e. The van der Waals surface area contributed by atoms with Crippen molar-refractivity contribution in [2.45, 2.75) is 19.9 Å². The molecular formula is C17H18N4O2. The van der Waals surface area contributed by atoms with Gasteiger partial charge in [-0.25, -0.2) is 0 Å². The van der Waals surface area contributed by atoms with E-state index in [-0.39, 0.29) is 24.8 Å². The Bertz CT molecular complexity index is 743. The average molecular weight is 310 g/mol. The number of hydrogen-bond acceptors (Lipinski definition) is 3.